The number of rotatable bonds is 2. The molecular weight excluding hydrogens is 236 g/mol. The fourth-order valence-corrected chi connectivity index (χ4v) is 2.15. The Morgan fingerprint density at radius 3 is 3.00 bits per heavy atom. The van der Waals surface area contributed by atoms with Gasteiger partial charge in [-0.1, -0.05) is 22.7 Å². The van der Waals surface area contributed by atoms with Crippen molar-refractivity contribution in [2.24, 2.45) is 0 Å². The Balaban J connectivity index is 2.13. The Labute approximate surface area is 101 Å². The summed E-state index contributed by atoms with van der Waals surface area (Å²) in [5.41, 5.74) is 2.09. The summed E-state index contributed by atoms with van der Waals surface area (Å²) in [7, 11) is 0. The molecule has 0 atom stereocenters. The van der Waals surface area contributed by atoms with E-state index in [4.69, 9.17) is 4.42 Å². The second-order valence-electron chi connectivity index (χ2n) is 3.72. The van der Waals surface area contributed by atoms with E-state index in [1.807, 2.05) is 25.1 Å². The first-order valence-corrected chi connectivity index (χ1v) is 5.90. The maximum atomic E-state index is 12.0. The minimum absolute atomic E-state index is 0.227. The molecule has 3 rings (SSSR count). The predicted octanol–water partition coefficient (Wildman–Crippen LogP) is 2.82. The zero-order chi connectivity index (χ0) is 11.8. The van der Waals surface area contributed by atoms with Gasteiger partial charge in [0.1, 0.15) is 11.3 Å². The van der Waals surface area contributed by atoms with E-state index < -0.39 is 0 Å². The molecule has 0 saturated heterocycles. The lowest BCUT2D eigenvalue weighted by molar-refractivity contribution is 0.101. The van der Waals surface area contributed by atoms with E-state index in [2.05, 4.69) is 9.59 Å². The first-order chi connectivity index (χ1) is 8.25. The number of aromatic nitrogens is 2. The average molecular weight is 244 g/mol. The zero-order valence-corrected chi connectivity index (χ0v) is 9.82. The second kappa shape index (κ2) is 3.78. The molecular formula is C12H8N2O2S. The van der Waals surface area contributed by atoms with E-state index in [1.54, 1.807) is 11.4 Å². The average Bonchev–Trinajstić information content (AvgIpc) is 2.98. The molecule has 1 aromatic carbocycles. The van der Waals surface area contributed by atoms with Crippen LogP contribution in [0.1, 0.15) is 21.8 Å². The highest BCUT2D eigenvalue weighted by atomic mass is 32.1. The molecule has 0 radical (unpaired) electrons. The third-order valence-electron chi connectivity index (χ3n) is 2.56. The van der Waals surface area contributed by atoms with Crippen LogP contribution in [0, 0.1) is 6.92 Å². The maximum Gasteiger partial charge on any atom is 0.249 e. The molecule has 0 spiro atoms. The highest BCUT2D eigenvalue weighted by Gasteiger charge is 2.17. The third-order valence-corrected chi connectivity index (χ3v) is 3.06. The number of carbonyl (C=O) groups is 1. The molecule has 0 fully saturated rings. The number of aryl methyl sites for hydroxylation is 1. The number of hydrogen-bond donors (Lipinski definition) is 0. The molecule has 0 bridgehead atoms. The molecule has 0 aliphatic rings. The molecule has 2 heterocycles. The summed E-state index contributed by atoms with van der Waals surface area (Å²) >= 11 is 1.15. The molecule has 0 amide bonds. The van der Waals surface area contributed by atoms with Gasteiger partial charge in [0.25, 0.3) is 0 Å². The Hall–Kier alpha value is -2.01. The van der Waals surface area contributed by atoms with Crippen molar-refractivity contribution >= 4 is 28.3 Å². The van der Waals surface area contributed by atoms with Gasteiger partial charge < -0.3 is 4.42 Å². The summed E-state index contributed by atoms with van der Waals surface area (Å²) in [6.45, 7) is 1.95. The van der Waals surface area contributed by atoms with Crippen molar-refractivity contribution in [2.45, 2.75) is 6.92 Å². The SMILES string of the molecule is Cc1cccc2cc(C(=O)c3csnn3)oc12. The van der Waals surface area contributed by atoms with Gasteiger partial charge in [0, 0.05) is 10.8 Å². The minimum atomic E-state index is -0.227. The molecule has 4 nitrogen and oxygen atoms in total. The van der Waals surface area contributed by atoms with Crippen molar-refractivity contribution in [3.8, 4) is 0 Å². The molecule has 0 saturated carbocycles. The summed E-state index contributed by atoms with van der Waals surface area (Å²) in [6, 6.07) is 7.54. The highest BCUT2D eigenvalue weighted by Crippen LogP contribution is 2.23. The first-order valence-electron chi connectivity index (χ1n) is 5.06. The van der Waals surface area contributed by atoms with Crippen LogP contribution in [0.4, 0.5) is 0 Å². The zero-order valence-electron chi connectivity index (χ0n) is 9.01. The van der Waals surface area contributed by atoms with Crippen molar-refractivity contribution < 1.29 is 9.21 Å². The molecule has 0 unspecified atom stereocenters. The van der Waals surface area contributed by atoms with Crippen LogP contribution in [0.5, 0.6) is 0 Å². The van der Waals surface area contributed by atoms with Crippen LogP contribution in [-0.4, -0.2) is 15.4 Å². The number of ketones is 1. The van der Waals surface area contributed by atoms with Crippen LogP contribution in [0.3, 0.4) is 0 Å². The highest BCUT2D eigenvalue weighted by molar-refractivity contribution is 7.03. The van der Waals surface area contributed by atoms with Gasteiger partial charge in [-0.25, -0.2) is 0 Å². The second-order valence-corrected chi connectivity index (χ2v) is 4.33. The fourth-order valence-electron chi connectivity index (χ4n) is 1.71. The van der Waals surface area contributed by atoms with Gasteiger partial charge >= 0.3 is 0 Å². The van der Waals surface area contributed by atoms with Gasteiger partial charge in [-0.05, 0) is 30.1 Å². The van der Waals surface area contributed by atoms with Crippen molar-refractivity contribution in [1.29, 1.82) is 0 Å². The summed E-state index contributed by atoms with van der Waals surface area (Å²) in [6.07, 6.45) is 0. The number of furan rings is 1. The quantitative estimate of drug-likeness (QED) is 0.650. The Morgan fingerprint density at radius 2 is 2.29 bits per heavy atom. The Kier molecular flexibility index (Phi) is 2.26. The summed E-state index contributed by atoms with van der Waals surface area (Å²) in [4.78, 5) is 12.0. The lowest BCUT2D eigenvalue weighted by Crippen LogP contribution is -1.99. The lowest BCUT2D eigenvalue weighted by atomic mass is 10.1. The molecule has 0 N–H and O–H groups in total. The number of para-hydroxylation sites is 1. The van der Waals surface area contributed by atoms with Crippen LogP contribution < -0.4 is 0 Å². The van der Waals surface area contributed by atoms with E-state index in [1.165, 1.54) is 0 Å². The van der Waals surface area contributed by atoms with Gasteiger partial charge in [0.05, 0.1) is 0 Å². The fraction of sp³-hybridized carbons (Fsp3) is 0.0833. The normalized spacial score (nSPS) is 10.9. The van der Waals surface area contributed by atoms with Crippen LogP contribution in [0.2, 0.25) is 0 Å². The Morgan fingerprint density at radius 1 is 1.41 bits per heavy atom. The van der Waals surface area contributed by atoms with Crippen LogP contribution >= 0.6 is 11.5 Å². The van der Waals surface area contributed by atoms with E-state index in [9.17, 15) is 4.79 Å². The van der Waals surface area contributed by atoms with E-state index in [0.717, 1.165) is 28.1 Å². The standard InChI is InChI=1S/C12H8N2O2S/c1-7-3-2-4-8-5-10(16-12(7)8)11(15)9-6-17-14-13-9/h2-6H,1H3. The molecule has 0 aliphatic heterocycles. The van der Waals surface area contributed by atoms with Gasteiger partial charge in [-0.2, -0.15) is 0 Å². The first kappa shape index (κ1) is 10.2. The smallest absolute Gasteiger partial charge is 0.249 e. The molecule has 5 heteroatoms. The van der Waals surface area contributed by atoms with E-state index in [-0.39, 0.29) is 5.78 Å². The predicted molar refractivity (Wildman–Crippen MR) is 64.3 cm³/mol. The molecule has 84 valence electrons. The number of hydrogen-bond acceptors (Lipinski definition) is 5. The maximum absolute atomic E-state index is 12.0. The molecule has 2 aromatic heterocycles. The summed E-state index contributed by atoms with van der Waals surface area (Å²) in [5, 5.41) is 6.28. The molecule has 0 aliphatic carbocycles. The monoisotopic (exact) mass is 244 g/mol. The van der Waals surface area contributed by atoms with E-state index in [0.29, 0.717) is 11.5 Å². The molecule has 3 aromatic rings. The lowest BCUT2D eigenvalue weighted by Gasteiger charge is -1.92. The van der Waals surface area contributed by atoms with Crippen LogP contribution in [0.25, 0.3) is 11.0 Å². The van der Waals surface area contributed by atoms with Gasteiger partial charge in [-0.3, -0.25) is 4.79 Å². The number of benzene rings is 1. The van der Waals surface area contributed by atoms with Gasteiger partial charge in [0.15, 0.2) is 5.76 Å². The third kappa shape index (κ3) is 1.64. The van der Waals surface area contributed by atoms with Crippen LogP contribution in [0.15, 0.2) is 34.1 Å². The van der Waals surface area contributed by atoms with Gasteiger partial charge in [0.2, 0.25) is 5.78 Å². The number of carbonyl (C=O) groups excluding carboxylic acids is 1. The van der Waals surface area contributed by atoms with E-state index >= 15 is 0 Å². The number of fused-ring (bicyclic) bond motifs is 1. The van der Waals surface area contributed by atoms with Crippen molar-refractivity contribution in [3.63, 3.8) is 0 Å². The van der Waals surface area contributed by atoms with Crippen LogP contribution in [-0.2, 0) is 0 Å². The largest absolute Gasteiger partial charge is 0.452 e. The summed E-state index contributed by atoms with van der Waals surface area (Å²) < 4.78 is 9.24. The van der Waals surface area contributed by atoms with Crippen molar-refractivity contribution in [3.05, 3.63) is 46.7 Å². The number of nitrogens with zero attached hydrogens (tertiary/aromatic N) is 2. The summed E-state index contributed by atoms with van der Waals surface area (Å²) in [5.74, 6) is 0.0800. The van der Waals surface area contributed by atoms with Crippen molar-refractivity contribution in [2.75, 3.05) is 0 Å². The minimum Gasteiger partial charge on any atom is -0.452 e. The van der Waals surface area contributed by atoms with Crippen molar-refractivity contribution in [1.82, 2.24) is 9.59 Å². The topological polar surface area (TPSA) is 56.0 Å². The van der Waals surface area contributed by atoms with Gasteiger partial charge in [-0.15, -0.1) is 5.10 Å². The Bertz CT molecular complexity index is 686. The molecule has 17 heavy (non-hydrogen) atoms.